The van der Waals surface area contributed by atoms with Crippen LogP contribution in [0.1, 0.15) is 25.0 Å². The molecule has 0 aliphatic carbocycles. The van der Waals surface area contributed by atoms with E-state index in [2.05, 4.69) is 10.7 Å². The summed E-state index contributed by atoms with van der Waals surface area (Å²) in [5.74, 6) is -0.934. The monoisotopic (exact) mass is 412 g/mol. The Kier molecular flexibility index (Phi) is 5.41. The number of carbonyl (C=O) groups excluding carboxylic acids is 3. The first kappa shape index (κ1) is 20.8. The zero-order chi connectivity index (χ0) is 22.1. The summed E-state index contributed by atoms with van der Waals surface area (Å²) in [6.45, 7) is 4.82. The third kappa shape index (κ3) is 3.93. The van der Waals surface area contributed by atoms with E-state index in [9.17, 15) is 24.5 Å². The minimum Gasteiger partial charge on any atom is -0.481 e. The van der Waals surface area contributed by atoms with Gasteiger partial charge in [-0.1, -0.05) is 12.1 Å². The smallest absolute Gasteiger partial charge is 0.344 e. The molecule has 156 valence electrons. The molecule has 1 heterocycles. The molecule has 4 amide bonds. The number of imide groups is 1. The van der Waals surface area contributed by atoms with Crippen LogP contribution in [0.5, 0.6) is 5.75 Å². The van der Waals surface area contributed by atoms with Gasteiger partial charge in [0.05, 0.1) is 4.92 Å². The number of carbonyl (C=O) groups is 3. The molecular formula is C20H20N4O6. The maximum atomic E-state index is 12.9. The summed E-state index contributed by atoms with van der Waals surface area (Å²) in [5, 5.41) is 13.9. The molecule has 2 aromatic carbocycles. The standard InChI is InChI=1S/C20H20N4O6/c1-12-5-4-6-16(11-12)30-13(2)17(25)22-23-18(26)20(3,21-19(23)27)14-7-9-15(10-8-14)24(28)29/h4-11,13H,1-3H3,(H,21,27)(H,22,25)/t13-,20-/m0/s1. The second-order valence-corrected chi connectivity index (χ2v) is 7.05. The topological polar surface area (TPSA) is 131 Å². The molecule has 10 heteroatoms. The Hall–Kier alpha value is -3.95. The predicted molar refractivity (Wildman–Crippen MR) is 105 cm³/mol. The van der Waals surface area contributed by atoms with Crippen LogP contribution in [0.2, 0.25) is 0 Å². The Balaban J connectivity index is 1.72. The lowest BCUT2D eigenvalue weighted by Gasteiger charge is -2.22. The first-order valence-corrected chi connectivity index (χ1v) is 9.07. The zero-order valence-electron chi connectivity index (χ0n) is 16.5. The summed E-state index contributed by atoms with van der Waals surface area (Å²) in [6, 6.07) is 11.5. The maximum absolute atomic E-state index is 12.9. The number of hydrazine groups is 1. The lowest BCUT2D eigenvalue weighted by Crippen LogP contribution is -2.51. The number of non-ortho nitro benzene ring substituents is 1. The Morgan fingerprint density at radius 2 is 1.90 bits per heavy atom. The molecule has 0 unspecified atom stereocenters. The average molecular weight is 412 g/mol. The Bertz CT molecular complexity index is 1020. The zero-order valence-corrected chi connectivity index (χ0v) is 16.5. The van der Waals surface area contributed by atoms with Gasteiger partial charge in [-0.3, -0.25) is 25.1 Å². The fourth-order valence-electron chi connectivity index (χ4n) is 3.00. The number of aryl methyl sites for hydroxylation is 1. The number of hydrogen-bond acceptors (Lipinski definition) is 6. The lowest BCUT2D eigenvalue weighted by atomic mass is 9.92. The number of amides is 4. The first-order chi connectivity index (χ1) is 14.1. The third-order valence-electron chi connectivity index (χ3n) is 4.74. The SMILES string of the molecule is Cc1cccc(O[C@@H](C)C(=O)NN2C(=O)N[C@@](C)(c3ccc([N+](=O)[O-])cc3)C2=O)c1. The average Bonchev–Trinajstić information content (AvgIpc) is 2.92. The highest BCUT2D eigenvalue weighted by Gasteiger charge is 2.50. The number of ether oxygens (including phenoxy) is 1. The highest BCUT2D eigenvalue weighted by molar-refractivity contribution is 6.08. The van der Waals surface area contributed by atoms with E-state index in [1.807, 2.05) is 13.0 Å². The number of nitro benzene ring substituents is 1. The first-order valence-electron chi connectivity index (χ1n) is 9.07. The third-order valence-corrected chi connectivity index (χ3v) is 4.74. The lowest BCUT2D eigenvalue weighted by molar-refractivity contribution is -0.384. The molecule has 1 fully saturated rings. The van der Waals surface area contributed by atoms with Gasteiger partial charge in [0.15, 0.2) is 6.10 Å². The molecule has 0 saturated carbocycles. The van der Waals surface area contributed by atoms with E-state index in [0.29, 0.717) is 16.3 Å². The number of rotatable bonds is 6. The predicted octanol–water partition coefficient (Wildman–Crippen LogP) is 2.17. The Morgan fingerprint density at radius 1 is 1.23 bits per heavy atom. The molecule has 0 bridgehead atoms. The summed E-state index contributed by atoms with van der Waals surface area (Å²) in [4.78, 5) is 47.9. The minimum absolute atomic E-state index is 0.147. The van der Waals surface area contributed by atoms with Crippen LogP contribution in [-0.2, 0) is 15.1 Å². The molecule has 30 heavy (non-hydrogen) atoms. The van der Waals surface area contributed by atoms with Gasteiger partial charge in [0.2, 0.25) is 0 Å². The fourth-order valence-corrected chi connectivity index (χ4v) is 3.00. The summed E-state index contributed by atoms with van der Waals surface area (Å²) in [6.07, 6.45) is -0.973. The Morgan fingerprint density at radius 3 is 2.50 bits per heavy atom. The summed E-state index contributed by atoms with van der Waals surface area (Å²) < 4.78 is 5.56. The number of urea groups is 1. The minimum atomic E-state index is -1.49. The van der Waals surface area contributed by atoms with Gasteiger partial charge in [0.1, 0.15) is 11.3 Å². The fraction of sp³-hybridized carbons (Fsp3) is 0.250. The van der Waals surface area contributed by atoms with Gasteiger partial charge in [0.25, 0.3) is 17.5 Å². The molecule has 2 N–H and O–H groups in total. The van der Waals surface area contributed by atoms with E-state index < -0.39 is 34.4 Å². The summed E-state index contributed by atoms with van der Waals surface area (Å²) in [5.41, 5.74) is 1.93. The van der Waals surface area contributed by atoms with Crippen molar-refractivity contribution in [1.29, 1.82) is 0 Å². The van der Waals surface area contributed by atoms with Crippen molar-refractivity contribution in [1.82, 2.24) is 15.8 Å². The van der Waals surface area contributed by atoms with Crippen LogP contribution in [0.3, 0.4) is 0 Å². The van der Waals surface area contributed by atoms with E-state index in [1.54, 1.807) is 18.2 Å². The molecule has 0 aromatic heterocycles. The summed E-state index contributed by atoms with van der Waals surface area (Å²) >= 11 is 0. The molecular weight excluding hydrogens is 392 g/mol. The molecule has 0 spiro atoms. The molecule has 10 nitrogen and oxygen atoms in total. The van der Waals surface area contributed by atoms with E-state index in [4.69, 9.17) is 4.74 Å². The molecule has 3 rings (SSSR count). The highest BCUT2D eigenvalue weighted by Crippen LogP contribution is 2.29. The summed E-state index contributed by atoms with van der Waals surface area (Å²) in [7, 11) is 0. The second-order valence-electron chi connectivity index (χ2n) is 7.05. The van der Waals surface area contributed by atoms with E-state index in [1.165, 1.54) is 38.1 Å². The number of nitro groups is 1. The highest BCUT2D eigenvalue weighted by atomic mass is 16.6. The van der Waals surface area contributed by atoms with Crippen molar-refractivity contribution in [3.63, 3.8) is 0 Å². The van der Waals surface area contributed by atoms with Crippen LogP contribution in [0.25, 0.3) is 0 Å². The van der Waals surface area contributed by atoms with Crippen molar-refractivity contribution in [3.05, 3.63) is 69.8 Å². The van der Waals surface area contributed by atoms with Gasteiger partial charge in [-0.15, -0.1) is 0 Å². The van der Waals surface area contributed by atoms with Gasteiger partial charge >= 0.3 is 6.03 Å². The van der Waals surface area contributed by atoms with Crippen molar-refractivity contribution >= 4 is 23.5 Å². The molecule has 1 aliphatic rings. The quantitative estimate of drug-likeness (QED) is 0.425. The normalized spacial score (nSPS) is 19.2. The van der Waals surface area contributed by atoms with Gasteiger partial charge in [-0.05, 0) is 56.2 Å². The van der Waals surface area contributed by atoms with Crippen molar-refractivity contribution in [2.75, 3.05) is 0 Å². The second kappa shape index (κ2) is 7.82. The number of hydrogen-bond donors (Lipinski definition) is 2. The van der Waals surface area contributed by atoms with E-state index in [-0.39, 0.29) is 5.69 Å². The van der Waals surface area contributed by atoms with Crippen LogP contribution >= 0.6 is 0 Å². The molecule has 0 radical (unpaired) electrons. The molecule has 2 atom stereocenters. The van der Waals surface area contributed by atoms with Crippen molar-refractivity contribution in [2.45, 2.75) is 32.4 Å². The van der Waals surface area contributed by atoms with Crippen LogP contribution in [0.15, 0.2) is 48.5 Å². The van der Waals surface area contributed by atoms with Crippen LogP contribution < -0.4 is 15.5 Å². The van der Waals surface area contributed by atoms with Crippen molar-refractivity contribution in [2.24, 2.45) is 0 Å². The number of benzene rings is 2. The van der Waals surface area contributed by atoms with Crippen LogP contribution in [0.4, 0.5) is 10.5 Å². The van der Waals surface area contributed by atoms with Crippen LogP contribution in [0, 0.1) is 17.0 Å². The van der Waals surface area contributed by atoms with Gasteiger partial charge in [0, 0.05) is 12.1 Å². The maximum Gasteiger partial charge on any atom is 0.344 e. The van der Waals surface area contributed by atoms with Gasteiger partial charge < -0.3 is 10.1 Å². The molecule has 1 aliphatic heterocycles. The van der Waals surface area contributed by atoms with Crippen LogP contribution in [-0.4, -0.2) is 33.9 Å². The van der Waals surface area contributed by atoms with Gasteiger partial charge in [-0.2, -0.15) is 5.01 Å². The number of nitrogens with zero attached hydrogens (tertiary/aromatic N) is 2. The molecule has 1 saturated heterocycles. The Labute approximate surface area is 171 Å². The van der Waals surface area contributed by atoms with Crippen molar-refractivity contribution < 1.29 is 24.0 Å². The van der Waals surface area contributed by atoms with E-state index in [0.717, 1.165) is 5.56 Å². The van der Waals surface area contributed by atoms with E-state index >= 15 is 0 Å². The van der Waals surface area contributed by atoms with Gasteiger partial charge in [-0.25, -0.2) is 4.79 Å². The number of nitrogens with one attached hydrogen (secondary N) is 2. The largest absolute Gasteiger partial charge is 0.481 e. The van der Waals surface area contributed by atoms with Crippen molar-refractivity contribution in [3.8, 4) is 5.75 Å². The molecule has 2 aromatic rings.